The van der Waals surface area contributed by atoms with Gasteiger partial charge in [0.05, 0.1) is 0 Å². The summed E-state index contributed by atoms with van der Waals surface area (Å²) in [4.78, 5) is 0. The van der Waals surface area contributed by atoms with Gasteiger partial charge in [-0.05, 0) is 23.3 Å². The van der Waals surface area contributed by atoms with E-state index >= 15 is 0 Å². The summed E-state index contributed by atoms with van der Waals surface area (Å²) in [5, 5.41) is 0. The normalized spacial score (nSPS) is 14.8. The Hall–Kier alpha value is -2.02. The van der Waals surface area contributed by atoms with Crippen LogP contribution in [0, 0.1) is 11.5 Å². The Kier molecular flexibility index (Phi) is 11.7. The molecule has 0 atom stereocenters. The van der Waals surface area contributed by atoms with Crippen LogP contribution < -0.4 is 0 Å². The SMILES string of the molecule is C[C](C)(C)[Al](/[C](=C\c1ccccc1)[Si](C)(C#Cc1ccccc1)/[C](=C/c1ccccc1)[Al]([C](C)(C)C)[C](C)(C)C)[C](C)(C)C. The van der Waals surface area contributed by atoms with Crippen LogP contribution in [-0.4, -0.2) is 36.4 Å². The van der Waals surface area contributed by atoms with Gasteiger partial charge in [-0.1, -0.05) is 204 Å². The highest BCUT2D eigenvalue weighted by atomic mass is 28.3. The average molecular weight is 631 g/mol. The van der Waals surface area contributed by atoms with Crippen molar-refractivity contribution in [2.45, 2.75) is 107 Å². The van der Waals surface area contributed by atoms with Crippen LogP contribution in [0.25, 0.3) is 12.2 Å². The zero-order valence-corrected chi connectivity index (χ0v) is 33.3. The van der Waals surface area contributed by atoms with Crippen LogP contribution >= 0.6 is 0 Å². The molecule has 3 aromatic rings. The molecule has 230 valence electrons. The second kappa shape index (κ2) is 14.2. The fraction of sp³-hybridized carbons (Fsp3) is 0.415. The van der Waals surface area contributed by atoms with Gasteiger partial charge in [-0.2, -0.15) is 0 Å². The van der Waals surface area contributed by atoms with Crippen LogP contribution in [0.4, 0.5) is 0 Å². The molecule has 0 N–H and O–H groups in total. The second-order valence-corrected chi connectivity index (χ2v) is 31.8. The highest BCUT2D eigenvalue weighted by Crippen LogP contribution is 2.53. The van der Waals surface area contributed by atoms with Gasteiger partial charge in [0.25, 0.3) is 0 Å². The smallest absolute Gasteiger partial charge is 0.124 e. The minimum Gasteiger partial charge on any atom is -0.124 e. The molecule has 0 spiro atoms. The molecule has 0 amide bonds. The molecule has 0 radical (unpaired) electrons. The van der Waals surface area contributed by atoms with E-state index in [1.165, 1.54) is 11.1 Å². The number of hydrogen-bond acceptors (Lipinski definition) is 0. The summed E-state index contributed by atoms with van der Waals surface area (Å²) >= 11 is -3.31. The maximum absolute atomic E-state index is 4.22. The molecule has 0 unspecified atom stereocenters. The minimum atomic E-state index is -2.64. The maximum atomic E-state index is 4.22. The lowest BCUT2D eigenvalue weighted by atomic mass is 10.2. The van der Waals surface area contributed by atoms with Crippen molar-refractivity contribution in [2.24, 2.45) is 0 Å². The first kappa shape index (κ1) is 36.4. The first-order valence-corrected chi connectivity index (χ1v) is 22.3. The summed E-state index contributed by atoms with van der Waals surface area (Å²) in [6, 6.07) is 32.9. The first-order chi connectivity index (χ1) is 20.2. The topological polar surface area (TPSA) is 0 Å². The Morgan fingerprint density at radius 2 is 0.795 bits per heavy atom. The molecule has 0 aromatic heterocycles. The average Bonchev–Trinajstić information content (AvgIpc) is 2.90. The molecule has 0 nitrogen and oxygen atoms in total. The van der Waals surface area contributed by atoms with E-state index in [4.69, 9.17) is 0 Å². The van der Waals surface area contributed by atoms with Crippen molar-refractivity contribution < 1.29 is 0 Å². The van der Waals surface area contributed by atoms with Crippen LogP contribution in [0.15, 0.2) is 99.1 Å². The van der Waals surface area contributed by atoms with E-state index in [-0.39, 0.29) is 17.1 Å². The second-order valence-electron chi connectivity index (χ2n) is 17.1. The first-order valence-electron chi connectivity index (χ1n) is 16.4. The van der Waals surface area contributed by atoms with E-state index in [0.717, 1.165) is 5.56 Å². The Morgan fingerprint density at radius 1 is 0.500 bits per heavy atom. The molecule has 0 heterocycles. The summed E-state index contributed by atoms with van der Waals surface area (Å²) in [5.41, 5.74) is 7.94. The monoisotopic (exact) mass is 630 g/mol. The lowest BCUT2D eigenvalue weighted by molar-refractivity contribution is 0.650. The summed E-state index contributed by atoms with van der Waals surface area (Å²) in [6.45, 7) is 32.6. The van der Waals surface area contributed by atoms with E-state index < -0.39 is 36.4 Å². The van der Waals surface area contributed by atoms with Gasteiger partial charge in [0.15, 0.2) is 8.07 Å². The molecule has 0 saturated carbocycles. The molecule has 0 aliphatic rings. The Labute approximate surface area is 280 Å². The molecule has 3 heteroatoms. The van der Waals surface area contributed by atoms with Crippen molar-refractivity contribution in [3.05, 3.63) is 116 Å². The van der Waals surface area contributed by atoms with Crippen LogP contribution in [0.5, 0.6) is 0 Å². The quantitative estimate of drug-likeness (QED) is 0.188. The maximum Gasteiger partial charge on any atom is 0.307 e. The summed E-state index contributed by atoms with van der Waals surface area (Å²) in [7, 11) is -2.64. The van der Waals surface area contributed by atoms with Gasteiger partial charge < -0.3 is 0 Å². The van der Waals surface area contributed by atoms with Crippen LogP contribution in [0.3, 0.4) is 0 Å². The predicted molar refractivity (Wildman–Crippen MR) is 204 cm³/mol. The molecule has 0 fully saturated rings. The minimum absolute atomic E-state index is 0.180. The van der Waals surface area contributed by atoms with Gasteiger partial charge in [0.2, 0.25) is 0 Å². The third-order valence-corrected chi connectivity index (χ3v) is 25.6. The molecule has 44 heavy (non-hydrogen) atoms. The van der Waals surface area contributed by atoms with E-state index in [2.05, 4.69) is 204 Å². The van der Waals surface area contributed by atoms with Gasteiger partial charge in [-0.25, -0.2) is 0 Å². The molecule has 0 saturated heterocycles. The number of benzene rings is 3. The molecule has 0 aliphatic heterocycles. The molecule has 3 rings (SSSR count). The summed E-state index contributed by atoms with van der Waals surface area (Å²) in [5.74, 6) is 3.81. The predicted octanol–water partition coefficient (Wildman–Crippen LogP) is 12.2. The van der Waals surface area contributed by atoms with Gasteiger partial charge in [-0.15, -0.1) is 13.7 Å². The zero-order chi connectivity index (χ0) is 33.0. The van der Waals surface area contributed by atoms with Crippen molar-refractivity contribution in [1.82, 2.24) is 0 Å². The third-order valence-electron chi connectivity index (χ3n) is 8.71. The fourth-order valence-corrected chi connectivity index (χ4v) is 31.3. The molecule has 0 aliphatic carbocycles. The third kappa shape index (κ3) is 9.50. The zero-order valence-electron chi connectivity index (χ0n) is 30.0. The lowest BCUT2D eigenvalue weighted by Gasteiger charge is -2.48. The van der Waals surface area contributed by atoms with Crippen molar-refractivity contribution in [3.8, 4) is 11.5 Å². The standard InChI is InChI=1S/C25H20Si.4C4H9.2Al/c1-26(20-17-23-11-5-2-6-12-23,21-18-24-13-7-3-8-14-24)22-19-25-15-9-4-10-16-25;4*1-4(2)3;;/h2-18H,1H3;4*1-3H3;;. The largest absolute Gasteiger partial charge is 0.307 e. The van der Waals surface area contributed by atoms with E-state index in [0.29, 0.717) is 0 Å². The van der Waals surface area contributed by atoms with Crippen molar-refractivity contribution in [3.63, 3.8) is 0 Å². The van der Waals surface area contributed by atoms with E-state index in [9.17, 15) is 0 Å². The Morgan fingerprint density at radius 3 is 1.09 bits per heavy atom. The Bertz CT molecular complexity index is 1360. The van der Waals surface area contributed by atoms with Crippen molar-refractivity contribution in [2.75, 3.05) is 0 Å². The van der Waals surface area contributed by atoms with Crippen LogP contribution in [0.2, 0.25) is 23.7 Å². The van der Waals surface area contributed by atoms with E-state index in [1.54, 1.807) is 8.12 Å². The van der Waals surface area contributed by atoms with Gasteiger partial charge in [-0.3, -0.25) is 0 Å². The summed E-state index contributed by atoms with van der Waals surface area (Å²) in [6.07, 6.45) is 5.24. The van der Waals surface area contributed by atoms with Gasteiger partial charge in [0, 0.05) is 5.56 Å². The molecule has 3 aromatic carbocycles. The highest BCUT2D eigenvalue weighted by molar-refractivity contribution is 7.17. The molecule has 0 bridgehead atoms. The lowest BCUT2D eigenvalue weighted by Crippen LogP contribution is -2.55. The van der Waals surface area contributed by atoms with Gasteiger partial charge >= 0.3 is 28.3 Å². The number of hydrogen-bond donors (Lipinski definition) is 0. The van der Waals surface area contributed by atoms with Gasteiger partial charge in [0.1, 0.15) is 0 Å². The molecular weight excluding hydrogens is 575 g/mol. The van der Waals surface area contributed by atoms with Crippen LogP contribution in [-0.2, 0) is 0 Å². The van der Waals surface area contributed by atoms with E-state index in [1.807, 2.05) is 0 Å². The molecular formula is C41H56Al2Si. The highest BCUT2D eigenvalue weighted by Gasteiger charge is 2.55. The van der Waals surface area contributed by atoms with Crippen LogP contribution in [0.1, 0.15) is 99.8 Å². The summed E-state index contributed by atoms with van der Waals surface area (Å²) < 4.78 is 4.11. The van der Waals surface area contributed by atoms with Crippen molar-refractivity contribution >= 4 is 48.5 Å². The Balaban J connectivity index is 2.63. The number of rotatable bonds is 6. The fourth-order valence-electron chi connectivity index (χ4n) is 7.98. The van der Waals surface area contributed by atoms with Crippen molar-refractivity contribution in [1.29, 1.82) is 0 Å².